The summed E-state index contributed by atoms with van der Waals surface area (Å²) in [7, 11) is 1.35. The van der Waals surface area contributed by atoms with Crippen molar-refractivity contribution in [2.75, 3.05) is 19.0 Å². The lowest BCUT2D eigenvalue weighted by Crippen LogP contribution is -2.19. The predicted molar refractivity (Wildman–Crippen MR) is 63.9 cm³/mol. The molecule has 1 amide bonds. The van der Waals surface area contributed by atoms with Crippen LogP contribution in [0.2, 0.25) is 10.0 Å². The van der Waals surface area contributed by atoms with E-state index in [1.165, 1.54) is 19.2 Å². The number of hydrogen-bond donors (Lipinski definition) is 2. The zero-order valence-corrected chi connectivity index (χ0v) is 10.3. The molecular formula is C10H9Cl2NO4. The van der Waals surface area contributed by atoms with Gasteiger partial charge in [0.25, 0.3) is 0 Å². The van der Waals surface area contributed by atoms with E-state index in [1.807, 2.05) is 0 Å². The van der Waals surface area contributed by atoms with Gasteiger partial charge < -0.3 is 15.2 Å². The van der Waals surface area contributed by atoms with Crippen molar-refractivity contribution in [1.82, 2.24) is 0 Å². The van der Waals surface area contributed by atoms with Crippen LogP contribution in [0.4, 0.5) is 5.69 Å². The van der Waals surface area contributed by atoms with Crippen molar-refractivity contribution < 1.29 is 19.4 Å². The van der Waals surface area contributed by atoms with Gasteiger partial charge in [-0.05, 0) is 12.1 Å². The van der Waals surface area contributed by atoms with Gasteiger partial charge in [-0.3, -0.25) is 4.79 Å². The number of benzene rings is 1. The van der Waals surface area contributed by atoms with E-state index in [1.54, 1.807) is 0 Å². The molecule has 0 bridgehead atoms. The zero-order valence-electron chi connectivity index (χ0n) is 8.79. The van der Waals surface area contributed by atoms with Crippen LogP contribution in [-0.4, -0.2) is 30.7 Å². The fourth-order valence-corrected chi connectivity index (χ4v) is 1.72. The van der Waals surface area contributed by atoms with E-state index in [0.717, 1.165) is 0 Å². The molecule has 0 aromatic heterocycles. The molecule has 5 nitrogen and oxygen atoms in total. The Hall–Kier alpha value is -1.30. The number of rotatable bonds is 4. The van der Waals surface area contributed by atoms with E-state index >= 15 is 0 Å². The van der Waals surface area contributed by atoms with Crippen molar-refractivity contribution in [2.24, 2.45) is 0 Å². The average molecular weight is 278 g/mol. The van der Waals surface area contributed by atoms with E-state index < -0.39 is 11.9 Å². The Morgan fingerprint density at radius 2 is 2.06 bits per heavy atom. The molecular weight excluding hydrogens is 269 g/mol. The van der Waals surface area contributed by atoms with Gasteiger partial charge in [-0.25, -0.2) is 4.79 Å². The number of carboxylic acid groups (broad SMARTS) is 1. The van der Waals surface area contributed by atoms with Gasteiger partial charge in [0.05, 0.1) is 16.3 Å². The highest BCUT2D eigenvalue weighted by Crippen LogP contribution is 2.30. The van der Waals surface area contributed by atoms with Crippen molar-refractivity contribution in [3.63, 3.8) is 0 Å². The molecule has 0 aliphatic carbocycles. The summed E-state index contributed by atoms with van der Waals surface area (Å²) in [6.07, 6.45) is 0. The van der Waals surface area contributed by atoms with Gasteiger partial charge in [0.1, 0.15) is 6.61 Å². The minimum absolute atomic E-state index is 0.00520. The van der Waals surface area contributed by atoms with E-state index in [2.05, 4.69) is 10.1 Å². The Kier molecular flexibility index (Phi) is 4.74. The third kappa shape index (κ3) is 3.59. The Balaban J connectivity index is 3.12. The number of ether oxygens (including phenoxy) is 1. The highest BCUT2D eigenvalue weighted by molar-refractivity contribution is 6.37. The average Bonchev–Trinajstić information content (AvgIpc) is 2.21. The fourth-order valence-electron chi connectivity index (χ4n) is 1.18. The number of nitrogens with one attached hydrogen (secondary N) is 1. The van der Waals surface area contributed by atoms with Crippen LogP contribution in [0, 0.1) is 0 Å². The summed E-state index contributed by atoms with van der Waals surface area (Å²) < 4.78 is 4.61. The molecule has 1 aromatic carbocycles. The number of carboxylic acids is 1. The van der Waals surface area contributed by atoms with Crippen LogP contribution in [0.15, 0.2) is 12.1 Å². The molecule has 0 unspecified atom stereocenters. The fraction of sp³-hybridized carbons (Fsp3) is 0.200. The molecule has 0 saturated carbocycles. The largest absolute Gasteiger partial charge is 0.478 e. The molecule has 0 atom stereocenters. The Bertz CT molecular complexity index is 462. The zero-order chi connectivity index (χ0) is 13.0. The van der Waals surface area contributed by atoms with Gasteiger partial charge in [-0.15, -0.1) is 0 Å². The molecule has 7 heteroatoms. The summed E-state index contributed by atoms with van der Waals surface area (Å²) in [6, 6.07) is 2.55. The molecule has 0 aliphatic rings. The third-order valence-corrected chi connectivity index (χ3v) is 2.34. The normalized spacial score (nSPS) is 10.1. The monoisotopic (exact) mass is 277 g/mol. The number of amides is 1. The summed E-state index contributed by atoms with van der Waals surface area (Å²) in [5.41, 5.74) is -0.169. The van der Waals surface area contributed by atoms with Crippen LogP contribution < -0.4 is 5.32 Å². The second-order valence-corrected chi connectivity index (χ2v) is 3.94. The highest BCUT2D eigenvalue weighted by atomic mass is 35.5. The van der Waals surface area contributed by atoms with Crippen LogP contribution >= 0.6 is 23.2 Å². The van der Waals surface area contributed by atoms with Gasteiger partial charge in [0.2, 0.25) is 5.91 Å². The maximum atomic E-state index is 11.3. The third-order valence-electron chi connectivity index (χ3n) is 1.83. The smallest absolute Gasteiger partial charge is 0.337 e. The second kappa shape index (κ2) is 5.86. The Labute approximate surface area is 107 Å². The molecule has 0 aliphatic heterocycles. The van der Waals surface area contributed by atoms with Crippen molar-refractivity contribution in [2.45, 2.75) is 0 Å². The standard InChI is InChI=1S/C10H9Cl2NO4/c1-17-4-8(14)13-9-6(10(15)16)2-5(11)3-7(9)12/h2-3H,4H2,1H3,(H,13,14)(H,15,16). The van der Waals surface area contributed by atoms with Gasteiger partial charge >= 0.3 is 5.97 Å². The molecule has 0 heterocycles. The van der Waals surface area contributed by atoms with E-state index in [-0.39, 0.29) is 27.9 Å². The number of carbonyl (C=O) groups excluding carboxylic acids is 1. The first-order chi connectivity index (χ1) is 7.95. The quantitative estimate of drug-likeness (QED) is 0.885. The summed E-state index contributed by atoms with van der Waals surface area (Å²) in [4.78, 5) is 22.3. The first-order valence-electron chi connectivity index (χ1n) is 4.46. The number of carbonyl (C=O) groups is 2. The van der Waals surface area contributed by atoms with Gasteiger partial charge in [0.15, 0.2) is 0 Å². The summed E-state index contributed by atoms with van der Waals surface area (Å²) >= 11 is 11.5. The lowest BCUT2D eigenvalue weighted by molar-refractivity contribution is -0.119. The number of anilines is 1. The minimum Gasteiger partial charge on any atom is -0.478 e. The SMILES string of the molecule is COCC(=O)Nc1c(Cl)cc(Cl)cc1C(=O)O. The molecule has 17 heavy (non-hydrogen) atoms. The Morgan fingerprint density at radius 3 is 2.59 bits per heavy atom. The van der Waals surface area contributed by atoms with Crippen LogP contribution in [0.1, 0.15) is 10.4 Å². The van der Waals surface area contributed by atoms with Crippen molar-refractivity contribution in [3.8, 4) is 0 Å². The lowest BCUT2D eigenvalue weighted by atomic mass is 10.1. The number of aromatic carboxylic acids is 1. The maximum absolute atomic E-state index is 11.3. The van der Waals surface area contributed by atoms with Crippen LogP contribution in [0.5, 0.6) is 0 Å². The summed E-state index contributed by atoms with van der Waals surface area (Å²) in [5.74, 6) is -1.73. The number of halogens is 2. The van der Waals surface area contributed by atoms with E-state index in [9.17, 15) is 9.59 Å². The van der Waals surface area contributed by atoms with E-state index in [0.29, 0.717) is 0 Å². The van der Waals surface area contributed by atoms with Crippen LogP contribution in [-0.2, 0) is 9.53 Å². The van der Waals surface area contributed by atoms with E-state index in [4.69, 9.17) is 28.3 Å². The first-order valence-corrected chi connectivity index (χ1v) is 5.22. The first kappa shape index (κ1) is 13.8. The van der Waals surface area contributed by atoms with Crippen LogP contribution in [0.3, 0.4) is 0 Å². The molecule has 0 radical (unpaired) electrons. The van der Waals surface area contributed by atoms with Gasteiger partial charge in [0, 0.05) is 12.1 Å². The molecule has 0 spiro atoms. The van der Waals surface area contributed by atoms with Crippen molar-refractivity contribution >= 4 is 40.8 Å². The topological polar surface area (TPSA) is 75.6 Å². The minimum atomic E-state index is -1.23. The predicted octanol–water partition coefficient (Wildman–Crippen LogP) is 2.28. The van der Waals surface area contributed by atoms with Crippen molar-refractivity contribution in [3.05, 3.63) is 27.7 Å². The summed E-state index contributed by atoms with van der Waals surface area (Å²) in [5, 5.41) is 11.5. The molecule has 0 fully saturated rings. The molecule has 1 aromatic rings. The van der Waals surface area contributed by atoms with Crippen molar-refractivity contribution in [1.29, 1.82) is 0 Å². The summed E-state index contributed by atoms with van der Waals surface area (Å²) in [6.45, 7) is -0.196. The molecule has 2 N–H and O–H groups in total. The molecule has 92 valence electrons. The lowest BCUT2D eigenvalue weighted by Gasteiger charge is -2.10. The van der Waals surface area contributed by atoms with Crippen LogP contribution in [0.25, 0.3) is 0 Å². The Morgan fingerprint density at radius 1 is 1.41 bits per heavy atom. The second-order valence-electron chi connectivity index (χ2n) is 3.10. The maximum Gasteiger partial charge on any atom is 0.337 e. The number of methoxy groups -OCH3 is 1. The highest BCUT2D eigenvalue weighted by Gasteiger charge is 2.17. The number of hydrogen-bond acceptors (Lipinski definition) is 3. The molecule has 1 rings (SSSR count). The van der Waals surface area contributed by atoms with Gasteiger partial charge in [-0.2, -0.15) is 0 Å². The molecule has 0 saturated heterocycles. The van der Waals surface area contributed by atoms with Gasteiger partial charge in [-0.1, -0.05) is 23.2 Å².